The van der Waals surface area contributed by atoms with Gasteiger partial charge < -0.3 is 5.32 Å². The molecule has 1 amide bonds. The maximum atomic E-state index is 11.4. The standard InChI is InChI=1S/C9H9N3OS2/c1-5-6(4-10-12(5)2)3-7-8(13)11-9(14)15-7/h3-4H,1-2H3,(H,11,13,14). The molecule has 1 aliphatic rings. The molecule has 0 radical (unpaired) electrons. The van der Waals surface area contributed by atoms with Gasteiger partial charge in [0, 0.05) is 18.3 Å². The van der Waals surface area contributed by atoms with Crippen molar-refractivity contribution < 1.29 is 4.79 Å². The minimum atomic E-state index is -0.131. The molecule has 0 atom stereocenters. The molecule has 0 aliphatic carbocycles. The number of rotatable bonds is 1. The van der Waals surface area contributed by atoms with Gasteiger partial charge >= 0.3 is 0 Å². The van der Waals surface area contributed by atoms with E-state index in [1.807, 2.05) is 20.0 Å². The number of hydrogen-bond acceptors (Lipinski definition) is 4. The fourth-order valence-corrected chi connectivity index (χ4v) is 2.25. The lowest BCUT2D eigenvalue weighted by Gasteiger charge is -1.95. The number of nitrogens with one attached hydrogen (secondary N) is 1. The Labute approximate surface area is 96.7 Å². The maximum Gasteiger partial charge on any atom is 0.263 e. The fraction of sp³-hybridized carbons (Fsp3) is 0.222. The number of aromatic nitrogens is 2. The number of amides is 1. The van der Waals surface area contributed by atoms with Crippen molar-refractivity contribution >= 4 is 40.3 Å². The summed E-state index contributed by atoms with van der Waals surface area (Å²) in [6.07, 6.45) is 3.54. The number of hydrogen-bond donors (Lipinski definition) is 1. The summed E-state index contributed by atoms with van der Waals surface area (Å²) in [4.78, 5) is 12.0. The van der Waals surface area contributed by atoms with Crippen molar-refractivity contribution in [3.8, 4) is 0 Å². The number of carbonyl (C=O) groups excluding carboxylic acids is 1. The highest BCUT2D eigenvalue weighted by molar-refractivity contribution is 8.26. The van der Waals surface area contributed by atoms with E-state index in [0.717, 1.165) is 11.3 Å². The first-order chi connectivity index (χ1) is 7.08. The summed E-state index contributed by atoms with van der Waals surface area (Å²) in [5, 5.41) is 6.67. The van der Waals surface area contributed by atoms with E-state index in [2.05, 4.69) is 10.4 Å². The van der Waals surface area contributed by atoms with Crippen molar-refractivity contribution in [3.05, 3.63) is 22.4 Å². The number of thioether (sulfide) groups is 1. The first-order valence-electron chi connectivity index (χ1n) is 4.31. The predicted octanol–water partition coefficient (Wildman–Crippen LogP) is 1.22. The van der Waals surface area contributed by atoms with Gasteiger partial charge in [-0.3, -0.25) is 9.48 Å². The minimum Gasteiger partial charge on any atom is -0.307 e. The molecule has 1 saturated heterocycles. The summed E-state index contributed by atoms with van der Waals surface area (Å²) < 4.78 is 2.27. The topological polar surface area (TPSA) is 46.9 Å². The van der Waals surface area contributed by atoms with Gasteiger partial charge in [-0.2, -0.15) is 5.10 Å². The van der Waals surface area contributed by atoms with Gasteiger partial charge in [-0.15, -0.1) is 0 Å². The molecule has 6 heteroatoms. The third-order valence-electron chi connectivity index (χ3n) is 2.20. The first-order valence-corrected chi connectivity index (χ1v) is 5.54. The molecular formula is C9H9N3OS2. The summed E-state index contributed by atoms with van der Waals surface area (Å²) in [7, 11) is 1.86. The van der Waals surface area contributed by atoms with Gasteiger partial charge in [-0.25, -0.2) is 0 Å². The molecule has 1 fully saturated rings. The Morgan fingerprint density at radius 3 is 2.87 bits per heavy atom. The van der Waals surface area contributed by atoms with Crippen LogP contribution in [0.1, 0.15) is 11.3 Å². The largest absolute Gasteiger partial charge is 0.307 e. The van der Waals surface area contributed by atoms with Gasteiger partial charge in [0.25, 0.3) is 5.91 Å². The highest BCUT2D eigenvalue weighted by Crippen LogP contribution is 2.26. The highest BCUT2D eigenvalue weighted by atomic mass is 32.2. The highest BCUT2D eigenvalue weighted by Gasteiger charge is 2.22. The zero-order chi connectivity index (χ0) is 11.0. The summed E-state index contributed by atoms with van der Waals surface area (Å²) in [5.74, 6) is -0.131. The molecule has 15 heavy (non-hydrogen) atoms. The molecular weight excluding hydrogens is 230 g/mol. The van der Waals surface area contributed by atoms with Crippen LogP contribution in [0.4, 0.5) is 0 Å². The SMILES string of the molecule is Cc1c(C=C2SC(=S)NC2=O)cnn1C. The van der Waals surface area contributed by atoms with Gasteiger partial charge in [0.2, 0.25) is 0 Å². The van der Waals surface area contributed by atoms with Crippen LogP contribution >= 0.6 is 24.0 Å². The van der Waals surface area contributed by atoms with Gasteiger partial charge in [0.05, 0.1) is 11.1 Å². The summed E-state index contributed by atoms with van der Waals surface area (Å²) in [6, 6.07) is 0. The van der Waals surface area contributed by atoms with E-state index >= 15 is 0 Å². The lowest BCUT2D eigenvalue weighted by molar-refractivity contribution is -0.115. The van der Waals surface area contributed by atoms with E-state index in [9.17, 15) is 4.79 Å². The molecule has 1 aliphatic heterocycles. The van der Waals surface area contributed by atoms with Crippen LogP contribution in [0.5, 0.6) is 0 Å². The van der Waals surface area contributed by atoms with Crippen LogP contribution in [0, 0.1) is 6.92 Å². The molecule has 0 aromatic carbocycles. The first kappa shape index (κ1) is 10.4. The Hall–Kier alpha value is -1.14. The molecule has 2 heterocycles. The minimum absolute atomic E-state index is 0.131. The van der Waals surface area contributed by atoms with Crippen LogP contribution < -0.4 is 5.32 Å². The van der Waals surface area contributed by atoms with Crippen molar-refractivity contribution in [2.45, 2.75) is 6.92 Å². The average Bonchev–Trinajstić information content (AvgIpc) is 2.64. The molecule has 4 nitrogen and oxygen atoms in total. The van der Waals surface area contributed by atoms with Crippen LogP contribution in [-0.4, -0.2) is 20.0 Å². The Bertz CT molecular complexity index is 476. The molecule has 1 aromatic heterocycles. The van der Waals surface area contributed by atoms with E-state index in [-0.39, 0.29) is 5.91 Å². The molecule has 0 saturated carbocycles. The number of nitrogens with zero attached hydrogens (tertiary/aromatic N) is 2. The van der Waals surface area contributed by atoms with E-state index in [4.69, 9.17) is 12.2 Å². The van der Waals surface area contributed by atoms with E-state index < -0.39 is 0 Å². The Kier molecular flexibility index (Phi) is 2.62. The van der Waals surface area contributed by atoms with Crippen LogP contribution in [0.25, 0.3) is 6.08 Å². The second-order valence-electron chi connectivity index (χ2n) is 3.16. The monoisotopic (exact) mass is 239 g/mol. The van der Waals surface area contributed by atoms with Crippen molar-refractivity contribution in [1.82, 2.24) is 15.1 Å². The molecule has 78 valence electrons. The molecule has 0 bridgehead atoms. The lowest BCUT2D eigenvalue weighted by Crippen LogP contribution is -2.17. The second-order valence-corrected chi connectivity index (χ2v) is 4.88. The summed E-state index contributed by atoms with van der Waals surface area (Å²) in [5.41, 5.74) is 1.97. The number of carbonyl (C=O) groups is 1. The zero-order valence-corrected chi connectivity index (χ0v) is 9.91. The normalized spacial score (nSPS) is 18.7. The molecule has 2 rings (SSSR count). The maximum absolute atomic E-state index is 11.4. The van der Waals surface area contributed by atoms with Gasteiger partial charge in [0.1, 0.15) is 4.32 Å². The van der Waals surface area contributed by atoms with Crippen molar-refractivity contribution in [3.63, 3.8) is 0 Å². The average molecular weight is 239 g/mol. The Morgan fingerprint density at radius 1 is 1.67 bits per heavy atom. The van der Waals surface area contributed by atoms with E-state index in [1.54, 1.807) is 10.9 Å². The molecule has 0 unspecified atom stereocenters. The lowest BCUT2D eigenvalue weighted by atomic mass is 10.2. The summed E-state index contributed by atoms with van der Waals surface area (Å²) >= 11 is 6.18. The third kappa shape index (κ3) is 1.95. The van der Waals surface area contributed by atoms with Crippen molar-refractivity contribution in [1.29, 1.82) is 0 Å². The van der Waals surface area contributed by atoms with Crippen LogP contribution in [-0.2, 0) is 11.8 Å². The molecule has 0 spiro atoms. The fourth-order valence-electron chi connectivity index (χ4n) is 1.22. The van der Waals surface area contributed by atoms with Gasteiger partial charge in [0.15, 0.2) is 0 Å². The predicted molar refractivity (Wildman–Crippen MR) is 64.3 cm³/mol. The van der Waals surface area contributed by atoms with Gasteiger partial charge in [-0.05, 0) is 13.0 Å². The molecule has 1 aromatic rings. The number of aryl methyl sites for hydroxylation is 1. The van der Waals surface area contributed by atoms with Gasteiger partial charge in [-0.1, -0.05) is 24.0 Å². The molecule has 1 N–H and O–H groups in total. The van der Waals surface area contributed by atoms with Crippen LogP contribution in [0.15, 0.2) is 11.1 Å². The quantitative estimate of drug-likeness (QED) is 0.591. The third-order valence-corrected chi connectivity index (χ3v) is 3.36. The summed E-state index contributed by atoms with van der Waals surface area (Å²) in [6.45, 7) is 1.95. The van der Waals surface area contributed by atoms with E-state index in [1.165, 1.54) is 11.8 Å². The zero-order valence-electron chi connectivity index (χ0n) is 8.27. The Morgan fingerprint density at radius 2 is 2.40 bits per heavy atom. The smallest absolute Gasteiger partial charge is 0.263 e. The van der Waals surface area contributed by atoms with Crippen molar-refractivity contribution in [2.24, 2.45) is 7.05 Å². The number of thiocarbonyl (C=S) groups is 1. The Balaban J connectivity index is 2.35. The van der Waals surface area contributed by atoms with E-state index in [0.29, 0.717) is 9.23 Å². The van der Waals surface area contributed by atoms with Crippen LogP contribution in [0.2, 0.25) is 0 Å². The van der Waals surface area contributed by atoms with Crippen molar-refractivity contribution in [2.75, 3.05) is 0 Å². The second kappa shape index (κ2) is 3.79. The van der Waals surface area contributed by atoms with Crippen LogP contribution in [0.3, 0.4) is 0 Å².